The maximum atomic E-state index is 12.6. The molecule has 0 saturated heterocycles. The number of nitrogens with zero attached hydrogens (tertiary/aromatic N) is 3. The molecule has 0 aliphatic carbocycles. The van der Waals surface area contributed by atoms with E-state index < -0.39 is 0 Å². The number of carbonyl (C=O) groups is 1. The molecule has 0 fully saturated rings. The molecule has 1 amide bonds. The molecule has 1 aromatic heterocycles. The smallest absolute Gasteiger partial charge is 0.271 e. The number of hydrazine groups is 1. The molecular weight excluding hydrogens is 521 g/mol. The minimum absolute atomic E-state index is 0.278. The fraction of sp³-hybridized carbons (Fsp3) is 0.190. The zero-order valence-corrected chi connectivity index (χ0v) is 20.5. The Morgan fingerprint density at radius 2 is 1.84 bits per heavy atom. The van der Waals surface area contributed by atoms with E-state index in [4.69, 9.17) is 23.2 Å². The van der Waals surface area contributed by atoms with Gasteiger partial charge in [-0.1, -0.05) is 71.4 Å². The third-order valence-electron chi connectivity index (χ3n) is 4.24. The van der Waals surface area contributed by atoms with E-state index in [9.17, 15) is 4.79 Å². The quantitative estimate of drug-likeness (QED) is 0.211. The zero-order valence-electron chi connectivity index (χ0n) is 16.6. The predicted molar refractivity (Wildman–Crippen MR) is 131 cm³/mol. The maximum Gasteiger partial charge on any atom is 0.271 e. The Balaban J connectivity index is 1.69. The van der Waals surface area contributed by atoms with Gasteiger partial charge in [0.25, 0.3) is 5.91 Å². The summed E-state index contributed by atoms with van der Waals surface area (Å²) in [6.45, 7) is 1.47. The van der Waals surface area contributed by atoms with Gasteiger partial charge in [0.2, 0.25) is 0 Å². The fourth-order valence-corrected chi connectivity index (χ4v) is 3.93. The first-order valence-corrected chi connectivity index (χ1v) is 12.1. The number of anilines is 1. The first-order chi connectivity index (χ1) is 15.0. The van der Waals surface area contributed by atoms with E-state index in [0.29, 0.717) is 50.7 Å². The maximum absolute atomic E-state index is 12.6. The van der Waals surface area contributed by atoms with Crippen LogP contribution in [0.3, 0.4) is 0 Å². The van der Waals surface area contributed by atoms with E-state index in [2.05, 4.69) is 36.6 Å². The van der Waals surface area contributed by atoms with Gasteiger partial charge in [0.15, 0.2) is 5.16 Å². The van der Waals surface area contributed by atoms with Crippen molar-refractivity contribution in [3.63, 3.8) is 0 Å². The van der Waals surface area contributed by atoms with Crippen LogP contribution in [0.5, 0.6) is 0 Å². The highest BCUT2D eigenvalue weighted by Crippen LogP contribution is 2.30. The standard InChI is InChI=1S/C21H20BrCl2N5OS/c1-31-21-26-12-15(22)18(27-21)20(30)25-10-11-29(13-14-6-3-2-4-7-14)28-19-16(23)8-5-9-17(19)24/h2-9,12,28H,10-11,13H2,1H3,(H,25,30). The van der Waals surface area contributed by atoms with E-state index in [0.717, 1.165) is 5.56 Å². The molecule has 162 valence electrons. The number of amides is 1. The topological polar surface area (TPSA) is 70.2 Å². The number of para-hydroxylation sites is 1. The molecule has 0 atom stereocenters. The lowest BCUT2D eigenvalue weighted by Crippen LogP contribution is -2.38. The molecule has 0 saturated carbocycles. The van der Waals surface area contributed by atoms with Crippen LogP contribution in [0.2, 0.25) is 10.0 Å². The van der Waals surface area contributed by atoms with Crippen molar-refractivity contribution in [2.75, 3.05) is 24.8 Å². The molecule has 6 nitrogen and oxygen atoms in total. The molecule has 1 heterocycles. The van der Waals surface area contributed by atoms with Crippen LogP contribution in [0.25, 0.3) is 0 Å². The molecule has 2 N–H and O–H groups in total. The number of nitrogens with one attached hydrogen (secondary N) is 2. The van der Waals surface area contributed by atoms with Crippen LogP contribution in [0.4, 0.5) is 5.69 Å². The van der Waals surface area contributed by atoms with Gasteiger partial charge in [0.1, 0.15) is 5.69 Å². The van der Waals surface area contributed by atoms with Crippen molar-refractivity contribution < 1.29 is 4.79 Å². The minimum Gasteiger partial charge on any atom is -0.349 e. The molecule has 3 rings (SSSR count). The van der Waals surface area contributed by atoms with Crippen LogP contribution >= 0.6 is 50.9 Å². The van der Waals surface area contributed by atoms with Crippen molar-refractivity contribution in [2.24, 2.45) is 0 Å². The summed E-state index contributed by atoms with van der Waals surface area (Å²) in [6.07, 6.45) is 3.44. The second-order valence-corrected chi connectivity index (χ2v) is 8.87. The largest absolute Gasteiger partial charge is 0.349 e. The van der Waals surface area contributed by atoms with Crippen molar-refractivity contribution >= 4 is 62.5 Å². The fourth-order valence-electron chi connectivity index (χ4n) is 2.74. The van der Waals surface area contributed by atoms with Gasteiger partial charge in [-0.2, -0.15) is 0 Å². The highest BCUT2D eigenvalue weighted by atomic mass is 79.9. The molecule has 3 aromatic rings. The minimum atomic E-state index is -0.278. The van der Waals surface area contributed by atoms with Gasteiger partial charge < -0.3 is 10.7 Å². The molecule has 10 heteroatoms. The average Bonchev–Trinajstić information content (AvgIpc) is 2.77. The number of rotatable bonds is 9. The lowest BCUT2D eigenvalue weighted by molar-refractivity contribution is 0.0942. The van der Waals surface area contributed by atoms with E-state index >= 15 is 0 Å². The third kappa shape index (κ3) is 6.82. The summed E-state index contributed by atoms with van der Waals surface area (Å²) in [4.78, 5) is 21.0. The summed E-state index contributed by atoms with van der Waals surface area (Å²) in [5, 5.41) is 6.43. The lowest BCUT2D eigenvalue weighted by atomic mass is 10.2. The summed E-state index contributed by atoms with van der Waals surface area (Å²) >= 11 is 17.4. The van der Waals surface area contributed by atoms with Crippen LogP contribution in [0.15, 0.2) is 64.4 Å². The third-order valence-corrected chi connectivity index (χ3v) is 6.01. The second-order valence-electron chi connectivity index (χ2n) is 6.42. The molecule has 0 aliphatic rings. The van der Waals surface area contributed by atoms with Crippen LogP contribution < -0.4 is 10.7 Å². The van der Waals surface area contributed by atoms with Gasteiger partial charge in [-0.3, -0.25) is 4.79 Å². The van der Waals surface area contributed by atoms with Crippen LogP contribution in [-0.4, -0.2) is 40.2 Å². The first kappa shape index (κ1) is 23.8. The summed E-state index contributed by atoms with van der Waals surface area (Å²) in [7, 11) is 0. The van der Waals surface area contributed by atoms with Gasteiger partial charge in [-0.15, -0.1) is 0 Å². The number of carbonyl (C=O) groups excluding carboxylic acids is 1. The Hall–Kier alpha value is -1.84. The van der Waals surface area contributed by atoms with Crippen molar-refractivity contribution in [2.45, 2.75) is 11.7 Å². The van der Waals surface area contributed by atoms with Crippen molar-refractivity contribution in [1.82, 2.24) is 20.3 Å². The Bertz CT molecular complexity index is 1020. The van der Waals surface area contributed by atoms with Crippen molar-refractivity contribution in [1.29, 1.82) is 0 Å². The number of hydrogen-bond acceptors (Lipinski definition) is 6. The second kappa shape index (κ2) is 11.7. The predicted octanol–water partition coefficient (Wildman–Crippen LogP) is 5.53. The first-order valence-electron chi connectivity index (χ1n) is 9.32. The molecule has 0 bridgehead atoms. The summed E-state index contributed by atoms with van der Waals surface area (Å²) in [6, 6.07) is 15.3. The van der Waals surface area contributed by atoms with Gasteiger partial charge in [0, 0.05) is 25.8 Å². The Labute approximate surface area is 203 Å². The van der Waals surface area contributed by atoms with Crippen LogP contribution in [-0.2, 0) is 6.54 Å². The number of aromatic nitrogens is 2. The number of halogens is 3. The van der Waals surface area contributed by atoms with Crippen molar-refractivity contribution in [3.8, 4) is 0 Å². The SMILES string of the molecule is CSc1ncc(Br)c(C(=O)NCCN(Cc2ccccc2)Nc2c(Cl)cccc2Cl)n1. The highest BCUT2D eigenvalue weighted by molar-refractivity contribution is 9.10. The highest BCUT2D eigenvalue weighted by Gasteiger charge is 2.15. The number of thioether (sulfide) groups is 1. The van der Waals surface area contributed by atoms with Crippen molar-refractivity contribution in [3.05, 3.63) is 80.5 Å². The van der Waals surface area contributed by atoms with Gasteiger partial charge >= 0.3 is 0 Å². The van der Waals surface area contributed by atoms with E-state index in [1.54, 1.807) is 24.4 Å². The van der Waals surface area contributed by atoms with Crippen LogP contribution in [0.1, 0.15) is 16.1 Å². The lowest BCUT2D eigenvalue weighted by Gasteiger charge is -2.25. The molecule has 0 radical (unpaired) electrons. The van der Waals surface area contributed by atoms with Gasteiger partial charge in [0.05, 0.1) is 20.2 Å². The zero-order chi connectivity index (χ0) is 22.2. The molecule has 31 heavy (non-hydrogen) atoms. The van der Waals surface area contributed by atoms with E-state index in [-0.39, 0.29) is 5.91 Å². The normalized spacial score (nSPS) is 10.9. The van der Waals surface area contributed by atoms with Gasteiger partial charge in [-0.25, -0.2) is 15.0 Å². The monoisotopic (exact) mass is 539 g/mol. The number of hydrogen-bond donors (Lipinski definition) is 2. The Morgan fingerprint density at radius 3 is 2.52 bits per heavy atom. The molecule has 0 aliphatic heterocycles. The number of benzene rings is 2. The Kier molecular flexibility index (Phi) is 8.98. The Morgan fingerprint density at radius 1 is 1.13 bits per heavy atom. The van der Waals surface area contributed by atoms with E-state index in [1.165, 1.54) is 11.8 Å². The summed E-state index contributed by atoms with van der Waals surface area (Å²) in [5.41, 5.74) is 5.31. The van der Waals surface area contributed by atoms with Gasteiger partial charge in [-0.05, 0) is 39.9 Å². The molecule has 2 aromatic carbocycles. The molecular formula is C21H20BrCl2N5OS. The van der Waals surface area contributed by atoms with E-state index in [1.807, 2.05) is 41.6 Å². The average molecular weight is 541 g/mol. The summed E-state index contributed by atoms with van der Waals surface area (Å²) < 4.78 is 0.546. The van der Waals surface area contributed by atoms with Crippen LogP contribution in [0, 0.1) is 0 Å². The molecule has 0 unspecified atom stereocenters. The summed E-state index contributed by atoms with van der Waals surface area (Å²) in [5.74, 6) is -0.278. The molecule has 0 spiro atoms.